The van der Waals surface area contributed by atoms with Crippen LogP contribution in [0.5, 0.6) is 0 Å². The van der Waals surface area contributed by atoms with Crippen LogP contribution in [-0.4, -0.2) is 18.6 Å². The van der Waals surface area contributed by atoms with Gasteiger partial charge in [0.15, 0.2) is 0 Å². The fourth-order valence-electron chi connectivity index (χ4n) is 3.00. The Kier molecular flexibility index (Phi) is 4.89. The largest absolute Gasteiger partial charge is 0.280 e. The minimum atomic E-state index is -3.79. The molecule has 0 aliphatic heterocycles. The van der Waals surface area contributed by atoms with E-state index in [-0.39, 0.29) is 10.5 Å². The summed E-state index contributed by atoms with van der Waals surface area (Å²) in [6, 6.07) is 11.9. The zero-order valence-corrected chi connectivity index (χ0v) is 16.4. The van der Waals surface area contributed by atoms with Crippen molar-refractivity contribution >= 4 is 15.7 Å². The quantitative estimate of drug-likeness (QED) is 0.721. The van der Waals surface area contributed by atoms with E-state index in [0.29, 0.717) is 22.5 Å². The second-order valence-corrected chi connectivity index (χ2v) is 8.36. The molecule has 0 saturated carbocycles. The lowest BCUT2D eigenvalue weighted by Crippen LogP contribution is -2.15. The second-order valence-electron chi connectivity index (χ2n) is 6.70. The van der Waals surface area contributed by atoms with Crippen LogP contribution in [0.2, 0.25) is 0 Å². The molecule has 7 heteroatoms. The fraction of sp³-hybridized carbons (Fsp3) is 0.200. The Hall–Kier alpha value is -2.93. The predicted molar refractivity (Wildman–Crippen MR) is 106 cm³/mol. The number of hydrogen-bond donors (Lipinski definition) is 2. The summed E-state index contributed by atoms with van der Waals surface area (Å²) >= 11 is 0. The van der Waals surface area contributed by atoms with Crippen molar-refractivity contribution in [2.24, 2.45) is 0 Å². The molecule has 0 amide bonds. The molecule has 3 rings (SSSR count). The molecule has 1 heterocycles. The Bertz CT molecular complexity index is 1140. The Morgan fingerprint density at radius 3 is 2.19 bits per heavy atom. The van der Waals surface area contributed by atoms with Crippen LogP contribution in [0.1, 0.15) is 22.3 Å². The number of nitrogens with one attached hydrogen (secondary N) is 2. The molecule has 0 aliphatic rings. The van der Waals surface area contributed by atoms with Crippen molar-refractivity contribution in [3.63, 3.8) is 0 Å². The first-order valence-corrected chi connectivity index (χ1v) is 9.92. The Morgan fingerprint density at radius 2 is 1.59 bits per heavy atom. The van der Waals surface area contributed by atoms with Crippen LogP contribution in [0, 0.1) is 27.7 Å². The molecule has 2 N–H and O–H groups in total. The molecule has 140 valence electrons. The van der Waals surface area contributed by atoms with E-state index in [1.807, 2.05) is 32.9 Å². The van der Waals surface area contributed by atoms with E-state index in [1.54, 1.807) is 31.2 Å². The maximum absolute atomic E-state index is 13.0. The van der Waals surface area contributed by atoms with Crippen molar-refractivity contribution in [3.8, 4) is 11.3 Å². The third-order valence-corrected chi connectivity index (χ3v) is 5.87. The molecule has 0 fully saturated rings. The summed E-state index contributed by atoms with van der Waals surface area (Å²) in [5, 5.41) is 6.37. The molecule has 3 aromatic rings. The average molecular weight is 383 g/mol. The van der Waals surface area contributed by atoms with E-state index in [4.69, 9.17) is 0 Å². The van der Waals surface area contributed by atoms with Gasteiger partial charge in [-0.3, -0.25) is 9.52 Å². The van der Waals surface area contributed by atoms with Crippen molar-refractivity contribution in [1.82, 2.24) is 10.2 Å². The third-order valence-electron chi connectivity index (χ3n) is 4.36. The number of aromatic nitrogens is 2. The second kappa shape index (κ2) is 7.00. The van der Waals surface area contributed by atoms with Gasteiger partial charge in [0.25, 0.3) is 15.6 Å². The lowest BCUT2D eigenvalue weighted by atomic mass is 10.0. The summed E-state index contributed by atoms with van der Waals surface area (Å²) in [6.07, 6.45) is 0. The highest BCUT2D eigenvalue weighted by Crippen LogP contribution is 2.28. The lowest BCUT2D eigenvalue weighted by molar-refractivity contribution is 0.600. The SMILES string of the molecule is Cc1cc(C)cc(NS(=O)(=O)c2cc(-c3ccc(=O)[nH]n3)cc(C)c2C)c1. The molecule has 0 spiro atoms. The molecule has 0 bridgehead atoms. The van der Waals surface area contributed by atoms with Crippen molar-refractivity contribution in [2.45, 2.75) is 32.6 Å². The number of H-pyrrole nitrogens is 1. The number of rotatable bonds is 4. The monoisotopic (exact) mass is 383 g/mol. The van der Waals surface area contributed by atoms with Gasteiger partial charge < -0.3 is 0 Å². The van der Waals surface area contributed by atoms with Crippen LogP contribution in [0.3, 0.4) is 0 Å². The van der Waals surface area contributed by atoms with E-state index < -0.39 is 10.0 Å². The summed E-state index contributed by atoms with van der Waals surface area (Å²) in [5.41, 5.74) is 4.78. The Morgan fingerprint density at radius 1 is 0.926 bits per heavy atom. The number of benzene rings is 2. The van der Waals surface area contributed by atoms with E-state index in [1.165, 1.54) is 6.07 Å². The zero-order chi connectivity index (χ0) is 19.8. The van der Waals surface area contributed by atoms with E-state index >= 15 is 0 Å². The summed E-state index contributed by atoms with van der Waals surface area (Å²) in [7, 11) is -3.79. The van der Waals surface area contributed by atoms with Crippen LogP contribution in [0.15, 0.2) is 52.2 Å². The number of aryl methyl sites for hydroxylation is 3. The molecule has 0 saturated heterocycles. The molecule has 0 unspecified atom stereocenters. The van der Waals surface area contributed by atoms with Crippen LogP contribution in [-0.2, 0) is 10.0 Å². The number of aromatic amines is 1. The van der Waals surface area contributed by atoms with Gasteiger partial charge in [-0.25, -0.2) is 13.5 Å². The molecule has 6 nitrogen and oxygen atoms in total. The average Bonchev–Trinajstić information content (AvgIpc) is 2.56. The minimum absolute atomic E-state index is 0.185. The Labute approximate surface area is 158 Å². The fourth-order valence-corrected chi connectivity index (χ4v) is 4.39. The topological polar surface area (TPSA) is 91.9 Å². The van der Waals surface area contributed by atoms with E-state index in [0.717, 1.165) is 16.7 Å². The van der Waals surface area contributed by atoms with Gasteiger partial charge >= 0.3 is 0 Å². The van der Waals surface area contributed by atoms with Gasteiger partial charge in [0.1, 0.15) is 0 Å². The van der Waals surface area contributed by atoms with Crippen LogP contribution >= 0.6 is 0 Å². The van der Waals surface area contributed by atoms with Crippen LogP contribution in [0.4, 0.5) is 5.69 Å². The van der Waals surface area contributed by atoms with Crippen LogP contribution in [0.25, 0.3) is 11.3 Å². The van der Waals surface area contributed by atoms with Crippen molar-refractivity contribution in [1.29, 1.82) is 0 Å². The minimum Gasteiger partial charge on any atom is -0.280 e. The number of sulfonamides is 1. The third kappa shape index (κ3) is 4.09. The maximum atomic E-state index is 13.0. The van der Waals surface area contributed by atoms with Gasteiger partial charge in [0.2, 0.25) is 0 Å². The first kappa shape index (κ1) is 18.8. The first-order valence-electron chi connectivity index (χ1n) is 8.44. The van der Waals surface area contributed by atoms with E-state index in [2.05, 4.69) is 14.9 Å². The Balaban J connectivity index is 2.09. The van der Waals surface area contributed by atoms with Gasteiger partial charge in [-0.1, -0.05) is 6.07 Å². The molecule has 0 radical (unpaired) electrons. The van der Waals surface area contributed by atoms with Gasteiger partial charge in [-0.2, -0.15) is 5.10 Å². The highest BCUT2D eigenvalue weighted by atomic mass is 32.2. The number of anilines is 1. The maximum Gasteiger partial charge on any atom is 0.264 e. The lowest BCUT2D eigenvalue weighted by Gasteiger charge is -2.15. The van der Waals surface area contributed by atoms with Gasteiger partial charge in [-0.15, -0.1) is 0 Å². The van der Waals surface area contributed by atoms with Gasteiger partial charge in [-0.05, 0) is 80.3 Å². The molecular weight excluding hydrogens is 362 g/mol. The van der Waals surface area contributed by atoms with E-state index in [9.17, 15) is 13.2 Å². The molecule has 0 atom stereocenters. The first-order chi connectivity index (χ1) is 12.7. The predicted octanol–water partition coefficient (Wildman–Crippen LogP) is 3.47. The summed E-state index contributed by atoms with van der Waals surface area (Å²) in [5.74, 6) is 0. The van der Waals surface area contributed by atoms with Crippen molar-refractivity contribution < 1.29 is 8.42 Å². The van der Waals surface area contributed by atoms with Crippen molar-refractivity contribution in [3.05, 3.63) is 75.1 Å². The molecule has 27 heavy (non-hydrogen) atoms. The number of hydrogen-bond acceptors (Lipinski definition) is 4. The summed E-state index contributed by atoms with van der Waals surface area (Å²) in [6.45, 7) is 7.46. The molecule has 2 aromatic carbocycles. The highest BCUT2D eigenvalue weighted by molar-refractivity contribution is 7.92. The number of nitrogens with zero attached hydrogens (tertiary/aromatic N) is 1. The molecule has 1 aromatic heterocycles. The summed E-state index contributed by atoms with van der Waals surface area (Å²) in [4.78, 5) is 11.4. The van der Waals surface area contributed by atoms with Gasteiger partial charge in [0, 0.05) is 17.3 Å². The zero-order valence-electron chi connectivity index (χ0n) is 15.6. The smallest absolute Gasteiger partial charge is 0.264 e. The molecular formula is C20H21N3O3S. The van der Waals surface area contributed by atoms with Gasteiger partial charge in [0.05, 0.1) is 10.6 Å². The standard InChI is InChI=1S/C20H21N3O3S/c1-12-7-13(2)9-17(8-12)23-27(25,26)19-11-16(10-14(3)15(19)4)18-5-6-20(24)22-21-18/h5-11,23H,1-4H3,(H,22,24). The van der Waals surface area contributed by atoms with Crippen molar-refractivity contribution in [2.75, 3.05) is 4.72 Å². The highest BCUT2D eigenvalue weighted by Gasteiger charge is 2.20. The van der Waals surface area contributed by atoms with Crippen LogP contribution < -0.4 is 10.3 Å². The normalized spacial score (nSPS) is 11.4. The molecule has 0 aliphatic carbocycles. The summed E-state index contributed by atoms with van der Waals surface area (Å²) < 4.78 is 28.8.